The zero-order chi connectivity index (χ0) is 18.1. The van der Waals surface area contributed by atoms with Crippen LogP contribution in [0.3, 0.4) is 0 Å². The minimum atomic E-state index is -0.184. The average Bonchev–Trinajstić information content (AvgIpc) is 3.26. The van der Waals surface area contributed by atoms with E-state index in [9.17, 15) is 4.79 Å². The standard InChI is InChI=1S/C21H15BrN2O2/c1-14-8-10-15(11-9-14)24-20(17-6-2-3-7-18(17)22)23-19(21(24)25)13-16-5-4-12-26-16/h2-13H,1H3/b19-13+. The van der Waals surface area contributed by atoms with E-state index in [1.54, 1.807) is 29.4 Å². The third-order valence-corrected chi connectivity index (χ3v) is 4.78. The molecule has 1 aliphatic heterocycles. The number of furan rings is 1. The summed E-state index contributed by atoms with van der Waals surface area (Å²) in [6.07, 6.45) is 3.23. The molecular formula is C21H15BrN2O2. The monoisotopic (exact) mass is 406 g/mol. The van der Waals surface area contributed by atoms with Gasteiger partial charge < -0.3 is 4.42 Å². The molecule has 1 amide bonds. The summed E-state index contributed by atoms with van der Waals surface area (Å²) in [5, 5.41) is 0. The van der Waals surface area contributed by atoms with E-state index in [4.69, 9.17) is 4.42 Å². The summed E-state index contributed by atoms with van der Waals surface area (Å²) >= 11 is 3.56. The molecule has 5 heteroatoms. The topological polar surface area (TPSA) is 45.8 Å². The minimum Gasteiger partial charge on any atom is -0.465 e. The third-order valence-electron chi connectivity index (χ3n) is 4.09. The highest BCUT2D eigenvalue weighted by molar-refractivity contribution is 9.10. The zero-order valence-electron chi connectivity index (χ0n) is 14.0. The fourth-order valence-electron chi connectivity index (χ4n) is 2.78. The number of hydrogen-bond donors (Lipinski definition) is 0. The number of amidine groups is 1. The lowest BCUT2D eigenvalue weighted by atomic mass is 10.1. The Balaban J connectivity index is 1.86. The van der Waals surface area contributed by atoms with Gasteiger partial charge >= 0.3 is 0 Å². The lowest BCUT2D eigenvalue weighted by molar-refractivity contribution is -0.113. The van der Waals surface area contributed by atoms with Crippen LogP contribution in [-0.2, 0) is 4.79 Å². The van der Waals surface area contributed by atoms with Crippen molar-refractivity contribution >= 4 is 39.4 Å². The molecule has 2 aromatic carbocycles. The van der Waals surface area contributed by atoms with Crippen LogP contribution in [0.1, 0.15) is 16.9 Å². The van der Waals surface area contributed by atoms with E-state index in [0.717, 1.165) is 21.3 Å². The fraction of sp³-hybridized carbons (Fsp3) is 0.0476. The zero-order valence-corrected chi connectivity index (χ0v) is 15.6. The van der Waals surface area contributed by atoms with E-state index in [0.29, 0.717) is 17.3 Å². The summed E-state index contributed by atoms with van der Waals surface area (Å²) in [5.74, 6) is 0.995. The van der Waals surface area contributed by atoms with Gasteiger partial charge in [-0.2, -0.15) is 0 Å². The van der Waals surface area contributed by atoms with E-state index in [1.807, 2.05) is 55.5 Å². The van der Waals surface area contributed by atoms with Gasteiger partial charge in [-0.3, -0.25) is 9.69 Å². The molecule has 0 saturated carbocycles. The van der Waals surface area contributed by atoms with Gasteiger partial charge in [0.05, 0.1) is 12.0 Å². The molecular weight excluding hydrogens is 392 g/mol. The van der Waals surface area contributed by atoms with Crippen LogP contribution in [0.4, 0.5) is 5.69 Å². The third kappa shape index (κ3) is 3.02. The summed E-state index contributed by atoms with van der Waals surface area (Å²) < 4.78 is 6.22. The molecule has 3 aromatic rings. The Kier molecular flexibility index (Phi) is 4.31. The summed E-state index contributed by atoms with van der Waals surface area (Å²) in [7, 11) is 0. The van der Waals surface area contributed by atoms with Crippen LogP contribution in [0.15, 0.2) is 86.5 Å². The number of hydrogen-bond acceptors (Lipinski definition) is 3. The van der Waals surface area contributed by atoms with Crippen molar-refractivity contribution < 1.29 is 9.21 Å². The molecule has 0 atom stereocenters. The van der Waals surface area contributed by atoms with Gasteiger partial charge in [0.2, 0.25) is 0 Å². The lowest BCUT2D eigenvalue weighted by Gasteiger charge is -2.19. The summed E-state index contributed by atoms with van der Waals surface area (Å²) in [4.78, 5) is 19.4. The molecule has 0 aliphatic carbocycles. The van der Waals surface area contributed by atoms with Crippen molar-refractivity contribution in [2.45, 2.75) is 6.92 Å². The van der Waals surface area contributed by atoms with Gasteiger partial charge in [-0.15, -0.1) is 0 Å². The summed E-state index contributed by atoms with van der Waals surface area (Å²) in [6.45, 7) is 2.01. The Morgan fingerprint density at radius 3 is 2.50 bits per heavy atom. The van der Waals surface area contributed by atoms with E-state index in [-0.39, 0.29) is 5.91 Å². The Hall–Kier alpha value is -2.92. The van der Waals surface area contributed by atoms with Crippen molar-refractivity contribution in [2.75, 3.05) is 4.90 Å². The van der Waals surface area contributed by atoms with E-state index in [1.165, 1.54) is 0 Å². The molecule has 0 fully saturated rings. The predicted octanol–water partition coefficient (Wildman–Crippen LogP) is 5.19. The molecule has 0 bridgehead atoms. The van der Waals surface area contributed by atoms with Crippen LogP contribution in [-0.4, -0.2) is 11.7 Å². The Labute approximate surface area is 159 Å². The molecule has 0 spiro atoms. The molecule has 0 unspecified atom stereocenters. The number of halogens is 1. The number of benzene rings is 2. The molecule has 4 rings (SSSR count). The Bertz CT molecular complexity index is 1020. The quantitative estimate of drug-likeness (QED) is 0.562. The van der Waals surface area contributed by atoms with Crippen molar-refractivity contribution in [1.29, 1.82) is 0 Å². The molecule has 26 heavy (non-hydrogen) atoms. The number of aliphatic imine (C=N–C) groups is 1. The van der Waals surface area contributed by atoms with Crippen molar-refractivity contribution in [3.05, 3.63) is 94.0 Å². The van der Waals surface area contributed by atoms with Gasteiger partial charge in [0.15, 0.2) is 0 Å². The lowest BCUT2D eigenvalue weighted by Crippen LogP contribution is -2.32. The first-order chi connectivity index (χ1) is 12.6. The normalized spacial score (nSPS) is 15.6. The Morgan fingerprint density at radius 2 is 1.81 bits per heavy atom. The number of carbonyl (C=O) groups is 1. The molecule has 0 radical (unpaired) electrons. The Morgan fingerprint density at radius 1 is 1.04 bits per heavy atom. The maximum absolute atomic E-state index is 13.1. The first-order valence-corrected chi connectivity index (χ1v) is 8.93. The number of aryl methyl sites for hydroxylation is 1. The second-order valence-electron chi connectivity index (χ2n) is 5.94. The predicted molar refractivity (Wildman–Crippen MR) is 106 cm³/mol. The van der Waals surface area contributed by atoms with Gasteiger partial charge in [-0.25, -0.2) is 4.99 Å². The molecule has 1 aliphatic rings. The summed E-state index contributed by atoms with van der Waals surface area (Å²) in [5.41, 5.74) is 3.10. The summed E-state index contributed by atoms with van der Waals surface area (Å²) in [6, 6.07) is 19.1. The SMILES string of the molecule is Cc1ccc(N2C(=O)/C(=C\c3ccco3)N=C2c2ccccc2Br)cc1. The van der Waals surface area contributed by atoms with Gasteiger partial charge in [0.1, 0.15) is 17.3 Å². The van der Waals surface area contributed by atoms with Gasteiger partial charge in [-0.05, 0) is 37.3 Å². The van der Waals surface area contributed by atoms with Crippen molar-refractivity contribution in [2.24, 2.45) is 4.99 Å². The van der Waals surface area contributed by atoms with Crippen LogP contribution < -0.4 is 4.90 Å². The fourth-order valence-corrected chi connectivity index (χ4v) is 3.24. The second kappa shape index (κ2) is 6.77. The number of rotatable bonds is 3. The minimum absolute atomic E-state index is 0.184. The highest BCUT2D eigenvalue weighted by Gasteiger charge is 2.33. The molecule has 128 valence electrons. The molecule has 4 nitrogen and oxygen atoms in total. The van der Waals surface area contributed by atoms with E-state index in [2.05, 4.69) is 20.9 Å². The number of carbonyl (C=O) groups excluding carboxylic acids is 1. The van der Waals surface area contributed by atoms with Crippen LogP contribution in [0, 0.1) is 6.92 Å². The van der Waals surface area contributed by atoms with E-state index >= 15 is 0 Å². The molecule has 2 heterocycles. The second-order valence-corrected chi connectivity index (χ2v) is 6.79. The van der Waals surface area contributed by atoms with Crippen molar-refractivity contribution in [3.8, 4) is 0 Å². The largest absolute Gasteiger partial charge is 0.465 e. The van der Waals surface area contributed by atoms with Gasteiger partial charge in [0, 0.05) is 16.1 Å². The van der Waals surface area contributed by atoms with Crippen LogP contribution in [0.25, 0.3) is 6.08 Å². The molecule has 0 saturated heterocycles. The van der Waals surface area contributed by atoms with Crippen LogP contribution in [0.5, 0.6) is 0 Å². The maximum Gasteiger partial charge on any atom is 0.282 e. The number of anilines is 1. The number of amides is 1. The highest BCUT2D eigenvalue weighted by Crippen LogP contribution is 2.30. The number of nitrogens with zero attached hydrogens (tertiary/aromatic N) is 2. The maximum atomic E-state index is 13.1. The van der Waals surface area contributed by atoms with Crippen molar-refractivity contribution in [3.63, 3.8) is 0 Å². The first kappa shape index (κ1) is 16.5. The first-order valence-electron chi connectivity index (χ1n) is 8.13. The van der Waals surface area contributed by atoms with Crippen LogP contribution in [0.2, 0.25) is 0 Å². The highest BCUT2D eigenvalue weighted by atomic mass is 79.9. The molecule has 0 N–H and O–H groups in total. The van der Waals surface area contributed by atoms with Gasteiger partial charge in [-0.1, -0.05) is 51.8 Å². The van der Waals surface area contributed by atoms with Crippen LogP contribution >= 0.6 is 15.9 Å². The smallest absolute Gasteiger partial charge is 0.282 e. The molecule has 1 aromatic heterocycles. The van der Waals surface area contributed by atoms with E-state index < -0.39 is 0 Å². The van der Waals surface area contributed by atoms with Crippen molar-refractivity contribution in [1.82, 2.24) is 0 Å². The average molecular weight is 407 g/mol. The van der Waals surface area contributed by atoms with Gasteiger partial charge in [0.25, 0.3) is 5.91 Å².